The van der Waals surface area contributed by atoms with Gasteiger partial charge in [-0.2, -0.15) is 0 Å². The van der Waals surface area contributed by atoms with Crippen molar-refractivity contribution < 1.29 is 18.7 Å². The molecule has 1 aromatic carbocycles. The minimum Gasteiger partial charge on any atom is -0.486 e. The van der Waals surface area contributed by atoms with Gasteiger partial charge in [0.25, 0.3) is 5.91 Å². The summed E-state index contributed by atoms with van der Waals surface area (Å²) < 4.78 is 16.4. The van der Waals surface area contributed by atoms with Crippen LogP contribution in [0.25, 0.3) is 0 Å². The molecule has 1 saturated heterocycles. The number of carbonyl (C=O) groups is 1. The Bertz CT molecular complexity index is 898. The fourth-order valence-electron chi connectivity index (χ4n) is 3.46. The summed E-state index contributed by atoms with van der Waals surface area (Å²) >= 11 is 6.31. The first-order chi connectivity index (χ1) is 14.2. The summed E-state index contributed by atoms with van der Waals surface area (Å²) in [7, 11) is 1.75. The molecule has 1 amide bonds. The Labute approximate surface area is 197 Å². The quantitative estimate of drug-likeness (QED) is 0.362. The molecule has 0 radical (unpaired) electrons. The van der Waals surface area contributed by atoms with Crippen molar-refractivity contribution in [3.63, 3.8) is 0 Å². The van der Waals surface area contributed by atoms with E-state index >= 15 is 0 Å². The van der Waals surface area contributed by atoms with Gasteiger partial charge < -0.3 is 29.0 Å². The maximum Gasteiger partial charge on any atom is 0.289 e. The predicted molar refractivity (Wildman–Crippen MR) is 124 cm³/mol. The zero-order chi connectivity index (χ0) is 20.2. The van der Waals surface area contributed by atoms with Crippen LogP contribution in [0.5, 0.6) is 11.5 Å². The highest BCUT2D eigenvalue weighted by atomic mass is 127. The SMILES string of the molecule is CN=C(NCc1cc(Cl)c2c(c1)OCCO2)N1CCN(C(=O)c2ccco2)CC1.I. The number of ether oxygens (including phenoxy) is 2. The second kappa shape index (κ2) is 10.3. The van der Waals surface area contributed by atoms with Crippen molar-refractivity contribution in [3.05, 3.63) is 46.9 Å². The van der Waals surface area contributed by atoms with Gasteiger partial charge in [-0.05, 0) is 29.8 Å². The average Bonchev–Trinajstić information content (AvgIpc) is 3.29. The van der Waals surface area contributed by atoms with Gasteiger partial charge in [-0.3, -0.25) is 9.79 Å². The summed E-state index contributed by atoms with van der Waals surface area (Å²) in [4.78, 5) is 20.7. The zero-order valence-electron chi connectivity index (χ0n) is 16.6. The number of benzene rings is 1. The first-order valence-electron chi connectivity index (χ1n) is 9.52. The van der Waals surface area contributed by atoms with Crippen molar-refractivity contribution in [3.8, 4) is 11.5 Å². The van der Waals surface area contributed by atoms with Crippen LogP contribution in [0.2, 0.25) is 5.02 Å². The van der Waals surface area contributed by atoms with Crippen LogP contribution in [0.15, 0.2) is 39.9 Å². The average molecular weight is 547 g/mol. The molecule has 30 heavy (non-hydrogen) atoms. The number of nitrogens with one attached hydrogen (secondary N) is 1. The molecule has 4 rings (SSSR count). The lowest BCUT2D eigenvalue weighted by Crippen LogP contribution is -2.53. The van der Waals surface area contributed by atoms with Crippen LogP contribution in [0.3, 0.4) is 0 Å². The molecular formula is C20H24ClIN4O4. The van der Waals surface area contributed by atoms with E-state index in [1.54, 1.807) is 24.1 Å². The van der Waals surface area contributed by atoms with E-state index in [9.17, 15) is 4.79 Å². The van der Waals surface area contributed by atoms with Gasteiger partial charge in [-0.1, -0.05) is 11.6 Å². The van der Waals surface area contributed by atoms with E-state index in [4.69, 9.17) is 25.5 Å². The predicted octanol–water partition coefficient (Wildman–Crippen LogP) is 2.86. The lowest BCUT2D eigenvalue weighted by molar-refractivity contribution is 0.0657. The highest BCUT2D eigenvalue weighted by Gasteiger charge is 2.25. The van der Waals surface area contributed by atoms with Crippen molar-refractivity contribution in [1.29, 1.82) is 0 Å². The molecule has 0 bridgehead atoms. The standard InChI is InChI=1S/C20H23ClN4O4.HI/c1-22-20(23-13-14-11-15(21)18-17(12-14)28-9-10-29-18)25-6-4-24(5-7-25)19(26)16-3-2-8-27-16;/h2-3,8,11-12H,4-7,9-10,13H2,1H3,(H,22,23);1H. The number of hydrogen-bond acceptors (Lipinski definition) is 5. The number of nitrogens with zero attached hydrogens (tertiary/aromatic N) is 3. The maximum atomic E-state index is 12.4. The number of piperazine rings is 1. The van der Waals surface area contributed by atoms with Crippen molar-refractivity contribution in [2.75, 3.05) is 46.4 Å². The maximum absolute atomic E-state index is 12.4. The molecule has 2 aliphatic rings. The molecule has 0 spiro atoms. The number of rotatable bonds is 3. The van der Waals surface area contributed by atoms with Crippen LogP contribution in [0.1, 0.15) is 16.1 Å². The number of amides is 1. The molecule has 3 heterocycles. The normalized spacial score (nSPS) is 16.1. The summed E-state index contributed by atoms with van der Waals surface area (Å²) in [6.45, 7) is 4.16. The number of aliphatic imine (C=N–C) groups is 1. The second-order valence-corrected chi connectivity index (χ2v) is 7.17. The van der Waals surface area contributed by atoms with E-state index in [2.05, 4.69) is 15.2 Å². The molecule has 0 aliphatic carbocycles. The van der Waals surface area contributed by atoms with Gasteiger partial charge in [0.1, 0.15) is 13.2 Å². The monoisotopic (exact) mass is 546 g/mol. The van der Waals surface area contributed by atoms with E-state index in [0.717, 1.165) is 11.5 Å². The Morgan fingerprint density at radius 1 is 1.17 bits per heavy atom. The number of fused-ring (bicyclic) bond motifs is 1. The Kier molecular flexibility index (Phi) is 7.70. The van der Waals surface area contributed by atoms with Gasteiger partial charge in [-0.25, -0.2) is 0 Å². The molecule has 1 N–H and O–H groups in total. The molecule has 10 heteroatoms. The third kappa shape index (κ3) is 4.94. The zero-order valence-corrected chi connectivity index (χ0v) is 19.7. The van der Waals surface area contributed by atoms with Crippen molar-refractivity contribution in [2.24, 2.45) is 4.99 Å². The van der Waals surface area contributed by atoms with E-state index in [1.165, 1.54) is 6.26 Å². The largest absolute Gasteiger partial charge is 0.486 e. The number of hydrogen-bond donors (Lipinski definition) is 1. The van der Waals surface area contributed by atoms with Gasteiger partial charge in [0.05, 0.1) is 11.3 Å². The van der Waals surface area contributed by atoms with E-state index < -0.39 is 0 Å². The molecule has 0 atom stereocenters. The first kappa shape index (κ1) is 22.5. The summed E-state index contributed by atoms with van der Waals surface area (Å²) in [5, 5.41) is 3.90. The Balaban J connectivity index is 0.00000256. The highest BCUT2D eigenvalue weighted by Crippen LogP contribution is 2.38. The lowest BCUT2D eigenvalue weighted by atomic mass is 10.2. The third-order valence-electron chi connectivity index (χ3n) is 4.92. The molecule has 162 valence electrons. The fourth-order valence-corrected chi connectivity index (χ4v) is 3.74. The molecule has 0 unspecified atom stereocenters. The summed E-state index contributed by atoms with van der Waals surface area (Å²) in [5.41, 5.74) is 0.979. The topological polar surface area (TPSA) is 79.5 Å². The molecule has 2 aliphatic heterocycles. The van der Waals surface area contributed by atoms with Gasteiger partial charge in [0, 0.05) is 39.8 Å². The Hall–Kier alpha value is -2.14. The van der Waals surface area contributed by atoms with Crippen LogP contribution < -0.4 is 14.8 Å². The fraction of sp³-hybridized carbons (Fsp3) is 0.400. The van der Waals surface area contributed by atoms with Gasteiger partial charge >= 0.3 is 0 Å². The molecular weight excluding hydrogens is 523 g/mol. The van der Waals surface area contributed by atoms with Crippen LogP contribution in [-0.2, 0) is 6.54 Å². The smallest absolute Gasteiger partial charge is 0.289 e. The molecule has 0 saturated carbocycles. The van der Waals surface area contributed by atoms with Crippen LogP contribution in [-0.4, -0.2) is 68.1 Å². The van der Waals surface area contributed by atoms with Crippen molar-refractivity contribution >= 4 is 47.4 Å². The number of guanidine groups is 1. The van der Waals surface area contributed by atoms with E-state index in [-0.39, 0.29) is 29.9 Å². The van der Waals surface area contributed by atoms with Crippen LogP contribution >= 0.6 is 35.6 Å². The minimum absolute atomic E-state index is 0. The van der Waals surface area contributed by atoms with E-state index in [0.29, 0.717) is 68.2 Å². The Morgan fingerprint density at radius 2 is 1.90 bits per heavy atom. The van der Waals surface area contributed by atoms with Crippen LogP contribution in [0.4, 0.5) is 0 Å². The van der Waals surface area contributed by atoms with Gasteiger partial charge in [0.2, 0.25) is 0 Å². The van der Waals surface area contributed by atoms with Crippen molar-refractivity contribution in [2.45, 2.75) is 6.54 Å². The van der Waals surface area contributed by atoms with Crippen molar-refractivity contribution in [1.82, 2.24) is 15.1 Å². The highest BCUT2D eigenvalue weighted by molar-refractivity contribution is 14.0. The second-order valence-electron chi connectivity index (χ2n) is 6.76. The summed E-state index contributed by atoms with van der Waals surface area (Å²) in [6, 6.07) is 7.21. The number of furan rings is 1. The third-order valence-corrected chi connectivity index (χ3v) is 5.20. The molecule has 1 fully saturated rings. The summed E-state index contributed by atoms with van der Waals surface area (Å²) in [6.07, 6.45) is 1.51. The van der Waals surface area contributed by atoms with Gasteiger partial charge in [0.15, 0.2) is 23.2 Å². The minimum atomic E-state index is -0.0801. The molecule has 2 aromatic rings. The van der Waals surface area contributed by atoms with Crippen LogP contribution in [0, 0.1) is 0 Å². The first-order valence-corrected chi connectivity index (χ1v) is 9.90. The Morgan fingerprint density at radius 3 is 2.60 bits per heavy atom. The molecule has 8 nitrogen and oxygen atoms in total. The lowest BCUT2D eigenvalue weighted by Gasteiger charge is -2.36. The number of carbonyl (C=O) groups excluding carboxylic acids is 1. The molecule has 1 aromatic heterocycles. The van der Waals surface area contributed by atoms with Gasteiger partial charge in [-0.15, -0.1) is 24.0 Å². The summed E-state index contributed by atoms with van der Waals surface area (Å²) in [5.74, 6) is 2.34. The number of halogens is 2. The van der Waals surface area contributed by atoms with E-state index in [1.807, 2.05) is 12.1 Å².